The summed E-state index contributed by atoms with van der Waals surface area (Å²) in [6.07, 6.45) is 7.20. The topological polar surface area (TPSA) is 137 Å². The van der Waals surface area contributed by atoms with Crippen molar-refractivity contribution in [2.75, 3.05) is 6.61 Å². The zero-order valence-corrected chi connectivity index (χ0v) is 17.5. The lowest BCUT2D eigenvalue weighted by Crippen LogP contribution is -2.69. The molecular formula is C20H41N3O5. The van der Waals surface area contributed by atoms with Crippen LogP contribution < -0.4 is 16.4 Å². The van der Waals surface area contributed by atoms with Crippen LogP contribution in [0.5, 0.6) is 0 Å². The Kier molecular flexibility index (Phi) is 12.9. The molecule has 1 rings (SSSR count). The van der Waals surface area contributed by atoms with Gasteiger partial charge >= 0.3 is 0 Å². The molecule has 8 nitrogen and oxygen atoms in total. The highest BCUT2D eigenvalue weighted by Crippen LogP contribution is 2.20. The first-order chi connectivity index (χ1) is 13.4. The number of aliphatic hydroxyl groups excluding tert-OH is 3. The van der Waals surface area contributed by atoms with Crippen LogP contribution in [0.1, 0.15) is 78.1 Å². The average molecular weight is 404 g/mol. The SMILES string of the molecule is CCCCCCCCCCCC(N)N[C@@H]1O[C@H](CO)[C@@H](O)[C@H](O)[C@H]1NC(C)=O. The van der Waals surface area contributed by atoms with E-state index in [0.29, 0.717) is 0 Å². The largest absolute Gasteiger partial charge is 0.394 e. The predicted octanol–water partition coefficient (Wildman–Crippen LogP) is 0.725. The highest BCUT2D eigenvalue weighted by Gasteiger charge is 2.44. The normalized spacial score (nSPS) is 28.9. The van der Waals surface area contributed by atoms with Gasteiger partial charge in [-0.25, -0.2) is 0 Å². The van der Waals surface area contributed by atoms with Crippen LogP contribution in [-0.4, -0.2) is 64.6 Å². The van der Waals surface area contributed by atoms with Crippen LogP contribution in [-0.2, 0) is 9.53 Å². The molecule has 0 aromatic heterocycles. The summed E-state index contributed by atoms with van der Waals surface area (Å²) >= 11 is 0. The first kappa shape index (κ1) is 25.3. The van der Waals surface area contributed by atoms with Crippen molar-refractivity contribution in [3.05, 3.63) is 0 Å². The number of unbranched alkanes of at least 4 members (excludes halogenated alkanes) is 8. The second-order valence-corrected chi connectivity index (χ2v) is 7.88. The lowest BCUT2D eigenvalue weighted by molar-refractivity contribution is -0.204. The molecule has 0 bridgehead atoms. The van der Waals surface area contributed by atoms with Crippen LogP contribution in [0.4, 0.5) is 0 Å². The fourth-order valence-corrected chi connectivity index (χ4v) is 3.62. The summed E-state index contributed by atoms with van der Waals surface area (Å²) in [7, 11) is 0. The molecule has 1 saturated heterocycles. The molecule has 1 unspecified atom stereocenters. The molecule has 7 N–H and O–H groups in total. The third kappa shape index (κ3) is 9.15. The number of ether oxygens (including phenoxy) is 1. The average Bonchev–Trinajstić information content (AvgIpc) is 2.66. The van der Waals surface area contributed by atoms with E-state index >= 15 is 0 Å². The van der Waals surface area contributed by atoms with Gasteiger partial charge in [0.05, 0.1) is 18.8 Å². The first-order valence-electron chi connectivity index (χ1n) is 10.8. The summed E-state index contributed by atoms with van der Waals surface area (Å²) in [6.45, 7) is 3.12. The van der Waals surface area contributed by atoms with E-state index in [0.717, 1.165) is 19.3 Å². The van der Waals surface area contributed by atoms with E-state index in [2.05, 4.69) is 17.6 Å². The highest BCUT2D eigenvalue weighted by molar-refractivity contribution is 5.73. The summed E-state index contributed by atoms with van der Waals surface area (Å²) in [4.78, 5) is 11.4. The molecule has 28 heavy (non-hydrogen) atoms. The van der Waals surface area contributed by atoms with Crippen molar-refractivity contribution in [3.63, 3.8) is 0 Å². The van der Waals surface area contributed by atoms with Crippen LogP contribution in [0, 0.1) is 0 Å². The summed E-state index contributed by atoms with van der Waals surface area (Å²) in [6, 6.07) is -0.843. The minimum Gasteiger partial charge on any atom is -0.394 e. The molecule has 0 aromatic rings. The lowest BCUT2D eigenvalue weighted by atomic mass is 9.95. The van der Waals surface area contributed by atoms with E-state index in [1.54, 1.807) is 0 Å². The standard InChI is InChI=1S/C20H41N3O5/c1-3-4-5-6-7-8-9-10-11-12-16(21)23-20-17(22-14(2)25)19(27)18(26)15(13-24)28-20/h15-20,23-24,26-27H,3-13,21H2,1-2H3,(H,22,25)/t15-,16?,17-,18-,19-,20-/m1/s1. The van der Waals surface area contributed by atoms with Crippen molar-refractivity contribution < 1.29 is 24.9 Å². The van der Waals surface area contributed by atoms with Gasteiger partial charge in [-0.15, -0.1) is 0 Å². The zero-order valence-electron chi connectivity index (χ0n) is 17.5. The van der Waals surface area contributed by atoms with Crippen LogP contribution in [0.2, 0.25) is 0 Å². The number of amides is 1. The Morgan fingerprint density at radius 1 is 1.04 bits per heavy atom. The van der Waals surface area contributed by atoms with Crippen LogP contribution in [0.25, 0.3) is 0 Å². The van der Waals surface area contributed by atoms with E-state index < -0.39 is 37.2 Å². The molecule has 0 spiro atoms. The fraction of sp³-hybridized carbons (Fsp3) is 0.950. The Bertz CT molecular complexity index is 427. The van der Waals surface area contributed by atoms with Crippen molar-refractivity contribution in [2.24, 2.45) is 5.73 Å². The first-order valence-corrected chi connectivity index (χ1v) is 10.8. The Morgan fingerprint density at radius 3 is 2.14 bits per heavy atom. The minimum absolute atomic E-state index is 0.346. The maximum absolute atomic E-state index is 11.4. The molecule has 0 radical (unpaired) electrons. The van der Waals surface area contributed by atoms with Crippen molar-refractivity contribution in [1.29, 1.82) is 0 Å². The minimum atomic E-state index is -1.28. The number of carbonyl (C=O) groups is 1. The van der Waals surface area contributed by atoms with E-state index in [1.165, 1.54) is 51.9 Å². The molecule has 0 aliphatic carbocycles. The van der Waals surface area contributed by atoms with Gasteiger partial charge in [0.25, 0.3) is 0 Å². The van der Waals surface area contributed by atoms with Crippen LogP contribution >= 0.6 is 0 Å². The number of nitrogens with one attached hydrogen (secondary N) is 2. The Labute approximate surface area is 169 Å². The molecule has 1 fully saturated rings. The third-order valence-electron chi connectivity index (χ3n) is 5.29. The quantitative estimate of drug-likeness (QED) is 0.186. The van der Waals surface area contributed by atoms with Gasteiger partial charge in [0.1, 0.15) is 24.5 Å². The van der Waals surface area contributed by atoms with E-state index in [-0.39, 0.29) is 12.1 Å². The Balaban J connectivity index is 2.34. The monoisotopic (exact) mass is 403 g/mol. The van der Waals surface area contributed by atoms with Gasteiger partial charge < -0.3 is 31.1 Å². The van der Waals surface area contributed by atoms with Gasteiger partial charge in [-0.2, -0.15) is 0 Å². The second-order valence-electron chi connectivity index (χ2n) is 7.88. The van der Waals surface area contributed by atoms with Crippen LogP contribution in [0.3, 0.4) is 0 Å². The summed E-state index contributed by atoms with van der Waals surface area (Å²) in [5, 5.41) is 35.3. The number of hydrogen-bond acceptors (Lipinski definition) is 7. The number of nitrogens with two attached hydrogens (primary N) is 1. The van der Waals surface area contributed by atoms with Gasteiger partial charge in [0, 0.05) is 6.92 Å². The lowest BCUT2D eigenvalue weighted by Gasteiger charge is -2.43. The Morgan fingerprint density at radius 2 is 1.61 bits per heavy atom. The van der Waals surface area contributed by atoms with Crippen LogP contribution in [0.15, 0.2) is 0 Å². The smallest absolute Gasteiger partial charge is 0.217 e. The second kappa shape index (κ2) is 14.3. The zero-order chi connectivity index (χ0) is 20.9. The van der Waals surface area contributed by atoms with E-state index in [4.69, 9.17) is 10.5 Å². The highest BCUT2D eigenvalue weighted by atomic mass is 16.5. The summed E-state index contributed by atoms with van der Waals surface area (Å²) < 4.78 is 5.63. The molecule has 166 valence electrons. The summed E-state index contributed by atoms with van der Waals surface area (Å²) in [5.74, 6) is -0.346. The van der Waals surface area contributed by atoms with Gasteiger partial charge in [-0.1, -0.05) is 64.7 Å². The molecule has 1 aliphatic rings. The van der Waals surface area contributed by atoms with Crippen molar-refractivity contribution in [3.8, 4) is 0 Å². The molecule has 0 saturated carbocycles. The fourth-order valence-electron chi connectivity index (χ4n) is 3.62. The third-order valence-corrected chi connectivity index (χ3v) is 5.29. The maximum Gasteiger partial charge on any atom is 0.217 e. The van der Waals surface area contributed by atoms with Crippen molar-refractivity contribution >= 4 is 5.91 Å². The molecule has 1 amide bonds. The molecule has 0 aromatic carbocycles. The summed E-state index contributed by atoms with van der Waals surface area (Å²) in [5.41, 5.74) is 6.15. The molecule has 8 heteroatoms. The molecule has 6 atom stereocenters. The molecule has 1 aliphatic heterocycles. The van der Waals surface area contributed by atoms with E-state index in [9.17, 15) is 20.1 Å². The number of hydrogen-bond donors (Lipinski definition) is 6. The number of carbonyl (C=O) groups excluding carboxylic acids is 1. The predicted molar refractivity (Wildman–Crippen MR) is 108 cm³/mol. The number of aliphatic hydroxyl groups is 3. The number of rotatable bonds is 14. The van der Waals surface area contributed by atoms with Gasteiger partial charge in [-0.3, -0.25) is 10.1 Å². The van der Waals surface area contributed by atoms with Crippen molar-refractivity contribution in [2.45, 2.75) is 115 Å². The Hall–Kier alpha value is -0.770. The van der Waals surface area contributed by atoms with Gasteiger partial charge in [0.2, 0.25) is 5.91 Å². The molecule has 1 heterocycles. The van der Waals surface area contributed by atoms with E-state index in [1.807, 2.05) is 0 Å². The van der Waals surface area contributed by atoms with Gasteiger partial charge in [-0.05, 0) is 6.42 Å². The maximum atomic E-state index is 11.4. The molecular weight excluding hydrogens is 362 g/mol. The van der Waals surface area contributed by atoms with Crippen molar-refractivity contribution in [1.82, 2.24) is 10.6 Å². The van der Waals surface area contributed by atoms with Gasteiger partial charge in [0.15, 0.2) is 0 Å².